The maximum absolute atomic E-state index is 4.47. The number of imidazole rings is 1. The van der Waals surface area contributed by atoms with Gasteiger partial charge in [0.2, 0.25) is 0 Å². The maximum Gasteiger partial charge on any atom is 0.136 e. The number of pyridine rings is 1. The molecule has 2 rings (SSSR count). The average molecular weight is 160 g/mol. The molecule has 0 spiro atoms. The molecule has 0 aliphatic carbocycles. The molecule has 0 N–H and O–H groups in total. The second-order valence-electron chi connectivity index (χ2n) is 2.95. The number of nitrogens with zero attached hydrogens (tertiary/aromatic N) is 2. The molecular weight excluding hydrogens is 148 g/mol. The molecule has 0 fully saturated rings. The summed E-state index contributed by atoms with van der Waals surface area (Å²) in [5.41, 5.74) is 2.23. The zero-order valence-corrected chi connectivity index (χ0v) is 7.20. The third-order valence-electron chi connectivity index (χ3n) is 1.92. The molecule has 0 bridgehead atoms. The van der Waals surface area contributed by atoms with Crippen LogP contribution in [0.2, 0.25) is 0 Å². The Bertz CT molecular complexity index is 343. The highest BCUT2D eigenvalue weighted by Gasteiger charge is 1.97. The van der Waals surface area contributed by atoms with Gasteiger partial charge in [-0.05, 0) is 18.6 Å². The fourth-order valence-electron chi connectivity index (χ4n) is 1.36. The minimum absolute atomic E-state index is 1.04. The molecule has 0 atom stereocenters. The van der Waals surface area contributed by atoms with Gasteiger partial charge in [0.25, 0.3) is 0 Å². The lowest BCUT2D eigenvalue weighted by molar-refractivity contribution is 0.894. The summed E-state index contributed by atoms with van der Waals surface area (Å²) in [6, 6.07) is 6.06. The second-order valence-corrected chi connectivity index (χ2v) is 2.95. The Kier molecular flexibility index (Phi) is 1.82. The van der Waals surface area contributed by atoms with Crippen LogP contribution in [0, 0.1) is 0 Å². The minimum Gasteiger partial charge on any atom is -0.307 e. The van der Waals surface area contributed by atoms with E-state index >= 15 is 0 Å². The fraction of sp³-hybridized carbons (Fsp3) is 0.300. The molecule has 0 amide bonds. The summed E-state index contributed by atoms with van der Waals surface area (Å²) < 4.78 is 2.06. The van der Waals surface area contributed by atoms with E-state index in [1.165, 1.54) is 5.69 Å². The number of rotatable bonds is 2. The van der Waals surface area contributed by atoms with Crippen LogP contribution in [0.3, 0.4) is 0 Å². The number of hydrogen-bond acceptors (Lipinski definition) is 1. The van der Waals surface area contributed by atoms with Crippen molar-refractivity contribution in [2.75, 3.05) is 0 Å². The molecule has 2 nitrogen and oxygen atoms in total. The third-order valence-corrected chi connectivity index (χ3v) is 1.92. The smallest absolute Gasteiger partial charge is 0.136 e. The van der Waals surface area contributed by atoms with Gasteiger partial charge < -0.3 is 4.40 Å². The molecule has 0 aliphatic heterocycles. The molecule has 0 saturated heterocycles. The van der Waals surface area contributed by atoms with Crippen molar-refractivity contribution in [2.24, 2.45) is 0 Å². The maximum atomic E-state index is 4.47. The predicted octanol–water partition coefficient (Wildman–Crippen LogP) is 2.29. The van der Waals surface area contributed by atoms with Crippen LogP contribution in [-0.4, -0.2) is 9.38 Å². The van der Waals surface area contributed by atoms with Gasteiger partial charge in [-0.25, -0.2) is 4.98 Å². The highest BCUT2D eigenvalue weighted by molar-refractivity contribution is 5.39. The summed E-state index contributed by atoms with van der Waals surface area (Å²) in [5.74, 6) is 0. The van der Waals surface area contributed by atoms with Crippen molar-refractivity contribution in [1.29, 1.82) is 0 Å². The van der Waals surface area contributed by atoms with Gasteiger partial charge in [-0.15, -0.1) is 0 Å². The van der Waals surface area contributed by atoms with Crippen molar-refractivity contribution in [3.05, 3.63) is 36.3 Å². The number of hydrogen-bond donors (Lipinski definition) is 0. The van der Waals surface area contributed by atoms with Crippen LogP contribution in [0.15, 0.2) is 30.6 Å². The van der Waals surface area contributed by atoms with Gasteiger partial charge in [0.1, 0.15) is 5.65 Å². The Balaban J connectivity index is 2.47. The lowest BCUT2D eigenvalue weighted by atomic mass is 10.3. The normalized spacial score (nSPS) is 10.8. The van der Waals surface area contributed by atoms with E-state index in [0.29, 0.717) is 0 Å². The zero-order valence-electron chi connectivity index (χ0n) is 7.20. The summed E-state index contributed by atoms with van der Waals surface area (Å²) in [7, 11) is 0. The topological polar surface area (TPSA) is 17.3 Å². The van der Waals surface area contributed by atoms with Crippen molar-refractivity contribution >= 4 is 5.65 Å². The Morgan fingerprint density at radius 1 is 1.42 bits per heavy atom. The van der Waals surface area contributed by atoms with Gasteiger partial charge in [-0.2, -0.15) is 0 Å². The Labute approximate surface area is 71.9 Å². The van der Waals surface area contributed by atoms with Crippen LogP contribution in [0.25, 0.3) is 5.65 Å². The molecule has 2 heterocycles. The van der Waals surface area contributed by atoms with Gasteiger partial charge >= 0.3 is 0 Å². The van der Waals surface area contributed by atoms with E-state index in [1.807, 2.05) is 24.4 Å². The summed E-state index contributed by atoms with van der Waals surface area (Å²) in [6.45, 7) is 2.17. The second kappa shape index (κ2) is 2.97. The lowest BCUT2D eigenvalue weighted by Crippen LogP contribution is -1.79. The summed E-state index contributed by atoms with van der Waals surface area (Å²) >= 11 is 0. The van der Waals surface area contributed by atoms with Crippen molar-refractivity contribution in [3.63, 3.8) is 0 Å². The van der Waals surface area contributed by atoms with Crippen LogP contribution in [0.4, 0.5) is 0 Å². The van der Waals surface area contributed by atoms with E-state index in [4.69, 9.17) is 0 Å². The van der Waals surface area contributed by atoms with Crippen molar-refractivity contribution < 1.29 is 0 Å². The zero-order chi connectivity index (χ0) is 8.39. The highest BCUT2D eigenvalue weighted by atomic mass is 15.0. The Morgan fingerprint density at radius 2 is 2.33 bits per heavy atom. The standard InChI is InChI=1S/C10H12N2/c1-2-5-9-8-12-7-4-3-6-10(12)11-9/h3-4,6-8H,2,5H2,1H3. The Hall–Kier alpha value is -1.31. The van der Waals surface area contributed by atoms with Gasteiger partial charge in [0, 0.05) is 12.4 Å². The molecule has 0 aliphatic rings. The van der Waals surface area contributed by atoms with Crippen molar-refractivity contribution in [2.45, 2.75) is 19.8 Å². The SMILES string of the molecule is CCCc1cn2ccccc2n1. The fourth-order valence-corrected chi connectivity index (χ4v) is 1.36. The molecule has 2 aromatic heterocycles. The lowest BCUT2D eigenvalue weighted by Gasteiger charge is -1.86. The summed E-state index contributed by atoms with van der Waals surface area (Å²) in [4.78, 5) is 4.47. The molecular formula is C10H12N2. The van der Waals surface area contributed by atoms with Gasteiger partial charge in [-0.3, -0.25) is 0 Å². The number of fused-ring (bicyclic) bond motifs is 1. The van der Waals surface area contributed by atoms with Gasteiger partial charge in [0.05, 0.1) is 5.69 Å². The molecule has 12 heavy (non-hydrogen) atoms. The van der Waals surface area contributed by atoms with E-state index in [0.717, 1.165) is 18.5 Å². The van der Waals surface area contributed by atoms with E-state index in [2.05, 4.69) is 22.5 Å². The molecule has 2 heteroatoms. The van der Waals surface area contributed by atoms with Crippen LogP contribution in [-0.2, 0) is 6.42 Å². The van der Waals surface area contributed by atoms with Crippen LogP contribution < -0.4 is 0 Å². The summed E-state index contributed by atoms with van der Waals surface area (Å²) in [5, 5.41) is 0. The van der Waals surface area contributed by atoms with Crippen LogP contribution in [0.1, 0.15) is 19.0 Å². The first-order chi connectivity index (χ1) is 5.90. The molecule has 0 aromatic carbocycles. The van der Waals surface area contributed by atoms with Crippen molar-refractivity contribution in [1.82, 2.24) is 9.38 Å². The molecule has 2 aromatic rings. The largest absolute Gasteiger partial charge is 0.307 e. The predicted molar refractivity (Wildman–Crippen MR) is 49.2 cm³/mol. The highest BCUT2D eigenvalue weighted by Crippen LogP contribution is 2.05. The molecule has 0 radical (unpaired) electrons. The molecule has 62 valence electrons. The first kappa shape index (κ1) is 7.35. The average Bonchev–Trinajstić information content (AvgIpc) is 2.47. The summed E-state index contributed by atoms with van der Waals surface area (Å²) in [6.07, 6.45) is 6.35. The van der Waals surface area contributed by atoms with Crippen molar-refractivity contribution in [3.8, 4) is 0 Å². The monoisotopic (exact) mass is 160 g/mol. The molecule has 0 unspecified atom stereocenters. The van der Waals surface area contributed by atoms with Gasteiger partial charge in [-0.1, -0.05) is 19.4 Å². The number of aryl methyl sites for hydroxylation is 1. The first-order valence-corrected chi connectivity index (χ1v) is 4.33. The van der Waals surface area contributed by atoms with Crippen LogP contribution in [0.5, 0.6) is 0 Å². The van der Waals surface area contributed by atoms with E-state index < -0.39 is 0 Å². The third kappa shape index (κ3) is 1.20. The molecule has 0 saturated carbocycles. The quantitative estimate of drug-likeness (QED) is 0.658. The van der Waals surface area contributed by atoms with Gasteiger partial charge in [0.15, 0.2) is 0 Å². The van der Waals surface area contributed by atoms with Crippen LogP contribution >= 0.6 is 0 Å². The number of aromatic nitrogens is 2. The minimum atomic E-state index is 1.04. The van der Waals surface area contributed by atoms with E-state index in [-0.39, 0.29) is 0 Å². The Morgan fingerprint density at radius 3 is 3.08 bits per heavy atom. The first-order valence-electron chi connectivity index (χ1n) is 4.33. The van der Waals surface area contributed by atoms with E-state index in [1.54, 1.807) is 0 Å². The van der Waals surface area contributed by atoms with E-state index in [9.17, 15) is 0 Å².